The molecule has 1 saturated heterocycles. The lowest BCUT2D eigenvalue weighted by atomic mass is 10.1. The smallest absolute Gasteiger partial charge is 0.191 e. The van der Waals surface area contributed by atoms with E-state index in [0.29, 0.717) is 6.61 Å². The first-order valence-corrected chi connectivity index (χ1v) is 9.47. The summed E-state index contributed by atoms with van der Waals surface area (Å²) < 4.78 is 5.16. The Morgan fingerprint density at radius 2 is 1.88 bits per heavy atom. The molecule has 5 nitrogen and oxygen atoms in total. The van der Waals surface area contributed by atoms with E-state index in [1.165, 1.54) is 49.9 Å². The Morgan fingerprint density at radius 3 is 2.54 bits per heavy atom. The lowest BCUT2D eigenvalue weighted by Gasteiger charge is -2.20. The van der Waals surface area contributed by atoms with Gasteiger partial charge < -0.3 is 15.4 Å². The van der Waals surface area contributed by atoms with Gasteiger partial charge in [0, 0.05) is 33.3 Å². The first-order valence-electron chi connectivity index (χ1n) is 9.47. The number of methoxy groups -OCH3 is 1. The highest BCUT2D eigenvalue weighted by Gasteiger charge is 2.10. The van der Waals surface area contributed by atoms with Gasteiger partial charge in [-0.25, -0.2) is 0 Å². The van der Waals surface area contributed by atoms with Crippen LogP contribution in [0.3, 0.4) is 0 Å². The first-order chi connectivity index (χ1) is 12.2. The van der Waals surface area contributed by atoms with Gasteiger partial charge in [0.25, 0.3) is 0 Å². The number of benzene rings is 1. The molecule has 0 saturated carbocycles. The number of hydrogen-bond acceptors (Lipinski definition) is 3. The van der Waals surface area contributed by atoms with E-state index in [1.807, 2.05) is 0 Å². The van der Waals surface area contributed by atoms with Crippen LogP contribution in [-0.2, 0) is 17.8 Å². The van der Waals surface area contributed by atoms with E-state index in [9.17, 15) is 0 Å². The minimum Gasteiger partial charge on any atom is -0.383 e. The van der Waals surface area contributed by atoms with Gasteiger partial charge in [0.15, 0.2) is 5.96 Å². The number of likely N-dealkylation sites (tertiary alicyclic amines) is 1. The highest BCUT2D eigenvalue weighted by Crippen LogP contribution is 2.14. The number of guanidine groups is 1. The van der Waals surface area contributed by atoms with E-state index in [4.69, 9.17) is 4.74 Å². The van der Waals surface area contributed by atoms with E-state index in [1.54, 1.807) is 14.2 Å². The number of halogens is 1. The second kappa shape index (κ2) is 13.3. The Labute approximate surface area is 176 Å². The zero-order valence-electron chi connectivity index (χ0n) is 16.5. The number of rotatable bonds is 7. The van der Waals surface area contributed by atoms with E-state index in [2.05, 4.69) is 51.7 Å². The number of nitrogens with one attached hydrogen (secondary N) is 2. The van der Waals surface area contributed by atoms with Crippen LogP contribution in [0.2, 0.25) is 0 Å². The second-order valence-electron chi connectivity index (χ2n) is 6.94. The first kappa shape index (κ1) is 23.2. The third kappa shape index (κ3) is 8.68. The minimum absolute atomic E-state index is 0. The Balaban J connectivity index is 0.00000338. The van der Waals surface area contributed by atoms with E-state index < -0.39 is 0 Å². The van der Waals surface area contributed by atoms with Crippen molar-refractivity contribution >= 4 is 29.9 Å². The van der Waals surface area contributed by atoms with Crippen LogP contribution in [0.4, 0.5) is 0 Å². The molecule has 1 unspecified atom stereocenters. The monoisotopic (exact) mass is 474 g/mol. The van der Waals surface area contributed by atoms with Crippen LogP contribution in [0.25, 0.3) is 0 Å². The molecule has 0 aromatic heterocycles. The van der Waals surface area contributed by atoms with Gasteiger partial charge in [-0.15, -0.1) is 24.0 Å². The molecule has 6 heteroatoms. The summed E-state index contributed by atoms with van der Waals surface area (Å²) >= 11 is 0. The van der Waals surface area contributed by atoms with E-state index >= 15 is 0 Å². The molecule has 0 aliphatic carbocycles. The van der Waals surface area contributed by atoms with Crippen molar-refractivity contribution < 1.29 is 4.74 Å². The molecule has 0 spiro atoms. The summed E-state index contributed by atoms with van der Waals surface area (Å²) in [6.45, 7) is 7.04. The molecule has 1 atom stereocenters. The van der Waals surface area contributed by atoms with Crippen LogP contribution in [-0.4, -0.2) is 50.8 Å². The Kier molecular flexibility index (Phi) is 11.9. The summed E-state index contributed by atoms with van der Waals surface area (Å²) in [6, 6.07) is 9.11. The third-order valence-electron chi connectivity index (χ3n) is 4.58. The maximum Gasteiger partial charge on any atom is 0.191 e. The fourth-order valence-corrected chi connectivity index (χ4v) is 3.30. The molecule has 1 aliphatic rings. The molecule has 0 amide bonds. The van der Waals surface area contributed by atoms with Gasteiger partial charge in [-0.2, -0.15) is 0 Å². The lowest BCUT2D eigenvalue weighted by Crippen LogP contribution is -2.43. The van der Waals surface area contributed by atoms with Crippen molar-refractivity contribution in [3.8, 4) is 0 Å². The fourth-order valence-electron chi connectivity index (χ4n) is 3.30. The predicted molar refractivity (Wildman–Crippen MR) is 120 cm³/mol. The molecule has 1 aromatic rings. The lowest BCUT2D eigenvalue weighted by molar-refractivity contribution is 0.179. The van der Waals surface area contributed by atoms with Gasteiger partial charge >= 0.3 is 0 Å². The highest BCUT2D eigenvalue weighted by atomic mass is 127. The Morgan fingerprint density at radius 1 is 1.19 bits per heavy atom. The standard InChI is InChI=1S/C20H34N4O.HI/c1-17(16-25-3)23-20(21-2)22-14-18-9-8-10-19(13-18)15-24-11-6-4-5-7-12-24;/h8-10,13,17H,4-7,11-12,14-16H2,1-3H3,(H2,21,22,23);1H. The molecule has 2 N–H and O–H groups in total. The average Bonchev–Trinajstić information content (AvgIpc) is 2.88. The minimum atomic E-state index is 0. The normalized spacial score (nSPS) is 17.1. The molecular weight excluding hydrogens is 439 g/mol. The van der Waals surface area contributed by atoms with Crippen molar-refractivity contribution in [1.82, 2.24) is 15.5 Å². The largest absolute Gasteiger partial charge is 0.383 e. The van der Waals surface area contributed by atoms with Crippen LogP contribution >= 0.6 is 24.0 Å². The maximum atomic E-state index is 5.16. The summed E-state index contributed by atoms with van der Waals surface area (Å²) in [7, 11) is 3.51. The topological polar surface area (TPSA) is 48.9 Å². The molecule has 1 heterocycles. The molecule has 0 bridgehead atoms. The van der Waals surface area contributed by atoms with Crippen LogP contribution < -0.4 is 10.6 Å². The van der Waals surface area contributed by atoms with Gasteiger partial charge in [-0.05, 0) is 44.0 Å². The molecule has 26 heavy (non-hydrogen) atoms. The highest BCUT2D eigenvalue weighted by molar-refractivity contribution is 14.0. The van der Waals surface area contributed by atoms with Gasteiger partial charge in [0.2, 0.25) is 0 Å². The number of aliphatic imine (C=N–C) groups is 1. The van der Waals surface area contributed by atoms with E-state index in [0.717, 1.165) is 19.0 Å². The second-order valence-corrected chi connectivity index (χ2v) is 6.94. The molecule has 1 aliphatic heterocycles. The van der Waals surface area contributed by atoms with Gasteiger partial charge in [-0.1, -0.05) is 37.1 Å². The van der Waals surface area contributed by atoms with Crippen LogP contribution in [0.15, 0.2) is 29.3 Å². The zero-order valence-corrected chi connectivity index (χ0v) is 18.8. The Hall–Kier alpha value is -0.860. The van der Waals surface area contributed by atoms with Gasteiger partial charge in [0.05, 0.1) is 6.61 Å². The van der Waals surface area contributed by atoms with Crippen LogP contribution in [0.1, 0.15) is 43.7 Å². The van der Waals surface area contributed by atoms with Crippen molar-refractivity contribution in [2.24, 2.45) is 4.99 Å². The fraction of sp³-hybridized carbons (Fsp3) is 0.650. The van der Waals surface area contributed by atoms with E-state index in [-0.39, 0.29) is 30.0 Å². The van der Waals surface area contributed by atoms with Crippen molar-refractivity contribution in [3.63, 3.8) is 0 Å². The van der Waals surface area contributed by atoms with Crippen molar-refractivity contribution in [1.29, 1.82) is 0 Å². The number of ether oxygens (including phenoxy) is 1. The summed E-state index contributed by atoms with van der Waals surface area (Å²) in [4.78, 5) is 6.87. The maximum absolute atomic E-state index is 5.16. The predicted octanol–water partition coefficient (Wildman–Crippen LogP) is 3.38. The summed E-state index contributed by atoms with van der Waals surface area (Å²) in [6.07, 6.45) is 5.44. The summed E-state index contributed by atoms with van der Waals surface area (Å²) in [5, 5.41) is 6.72. The average molecular weight is 474 g/mol. The third-order valence-corrected chi connectivity index (χ3v) is 4.58. The van der Waals surface area contributed by atoms with Gasteiger partial charge in [0.1, 0.15) is 0 Å². The summed E-state index contributed by atoms with van der Waals surface area (Å²) in [5.41, 5.74) is 2.69. The Bertz CT molecular complexity index is 530. The molecule has 0 radical (unpaired) electrons. The molecule has 2 rings (SSSR count). The van der Waals surface area contributed by atoms with Gasteiger partial charge in [-0.3, -0.25) is 9.89 Å². The molecule has 1 aromatic carbocycles. The van der Waals surface area contributed by atoms with Crippen molar-refractivity contribution in [2.75, 3.05) is 33.9 Å². The molecule has 1 fully saturated rings. The van der Waals surface area contributed by atoms with Crippen molar-refractivity contribution in [2.45, 2.75) is 51.7 Å². The van der Waals surface area contributed by atoms with Crippen LogP contribution in [0, 0.1) is 0 Å². The SMILES string of the molecule is CN=C(NCc1cccc(CN2CCCCCC2)c1)NC(C)COC.I. The van der Waals surface area contributed by atoms with Crippen molar-refractivity contribution in [3.05, 3.63) is 35.4 Å². The quantitative estimate of drug-likeness (QED) is 0.362. The molecule has 148 valence electrons. The number of hydrogen-bond donors (Lipinski definition) is 2. The number of nitrogens with zero attached hydrogens (tertiary/aromatic N) is 2. The summed E-state index contributed by atoms with van der Waals surface area (Å²) in [5.74, 6) is 0.808. The zero-order chi connectivity index (χ0) is 17.9. The van der Waals surface area contributed by atoms with Crippen LogP contribution in [0.5, 0.6) is 0 Å². The molecular formula is C20H35IN4O.